The number of nitrogens with zero attached hydrogens (tertiary/aromatic N) is 3. The van der Waals surface area contributed by atoms with Gasteiger partial charge in [-0.3, -0.25) is 19.5 Å². The molecule has 202 valence electrons. The molecule has 0 radical (unpaired) electrons. The van der Waals surface area contributed by atoms with Crippen LogP contribution in [-0.2, 0) is 4.79 Å². The van der Waals surface area contributed by atoms with Crippen LogP contribution in [0.1, 0.15) is 48.2 Å². The number of hydrogen-bond donors (Lipinski definition) is 3. The van der Waals surface area contributed by atoms with E-state index in [2.05, 4.69) is 66.1 Å². The quantitative estimate of drug-likeness (QED) is 0.194. The molecule has 1 amide bonds. The third kappa shape index (κ3) is 8.03. The number of nitrogens with two attached hydrogens (primary N) is 1. The van der Waals surface area contributed by atoms with E-state index in [-0.39, 0.29) is 17.1 Å². The topological polar surface area (TPSA) is 112 Å². The van der Waals surface area contributed by atoms with Gasteiger partial charge in [0.25, 0.3) is 5.91 Å². The number of thioether (sulfide) groups is 1. The second-order valence-electron chi connectivity index (χ2n) is 9.57. The van der Waals surface area contributed by atoms with E-state index in [4.69, 9.17) is 10.7 Å². The Labute approximate surface area is 229 Å². The Morgan fingerprint density at radius 1 is 1.16 bits per heavy atom. The van der Waals surface area contributed by atoms with Crippen LogP contribution in [0.5, 0.6) is 0 Å². The number of carbonyl (C=O) groups excluding carboxylic acids is 2. The predicted molar refractivity (Wildman–Crippen MR) is 159 cm³/mol. The van der Waals surface area contributed by atoms with Crippen LogP contribution in [0.25, 0.3) is 0 Å². The molecule has 4 N–H and O–H groups in total. The molecular formula is C29H38N6O2S. The molecule has 1 unspecified atom stereocenters. The van der Waals surface area contributed by atoms with Crippen molar-refractivity contribution < 1.29 is 9.59 Å². The molecule has 1 fully saturated rings. The van der Waals surface area contributed by atoms with Gasteiger partial charge in [-0.05, 0) is 73.7 Å². The fraction of sp³-hybridized carbons (Fsp3) is 0.379. The van der Waals surface area contributed by atoms with Crippen molar-refractivity contribution in [2.75, 3.05) is 37.7 Å². The van der Waals surface area contributed by atoms with Crippen LogP contribution in [0, 0.1) is 13.8 Å². The molecule has 0 spiro atoms. The minimum Gasteiger partial charge on any atom is -0.398 e. The molecule has 1 aliphatic heterocycles. The first-order valence-corrected chi connectivity index (χ1v) is 13.6. The Hall–Kier alpha value is -3.43. The van der Waals surface area contributed by atoms with Crippen LogP contribution in [-0.4, -0.2) is 60.3 Å². The second-order valence-corrected chi connectivity index (χ2v) is 10.8. The molecule has 3 rings (SSSR count). The van der Waals surface area contributed by atoms with Crippen molar-refractivity contribution >= 4 is 45.8 Å². The molecule has 1 heterocycles. The Morgan fingerprint density at radius 2 is 1.87 bits per heavy atom. The van der Waals surface area contributed by atoms with E-state index in [1.165, 1.54) is 18.1 Å². The van der Waals surface area contributed by atoms with Gasteiger partial charge in [0.05, 0.1) is 5.71 Å². The molecule has 8 nitrogen and oxygen atoms in total. The van der Waals surface area contributed by atoms with Gasteiger partial charge in [-0.25, -0.2) is 4.99 Å². The largest absolute Gasteiger partial charge is 0.398 e. The number of carbonyl (C=O) groups is 2. The van der Waals surface area contributed by atoms with E-state index in [9.17, 15) is 9.59 Å². The van der Waals surface area contributed by atoms with Crippen molar-refractivity contribution in [2.45, 2.75) is 51.5 Å². The van der Waals surface area contributed by atoms with E-state index in [0.29, 0.717) is 35.2 Å². The number of nitrogens with one attached hydrogen (secondary N) is 2. The zero-order valence-corrected chi connectivity index (χ0v) is 23.7. The number of anilines is 2. The maximum atomic E-state index is 12.7. The summed E-state index contributed by atoms with van der Waals surface area (Å²) >= 11 is 1.03. The van der Waals surface area contributed by atoms with E-state index in [0.717, 1.165) is 48.1 Å². The molecule has 38 heavy (non-hydrogen) atoms. The van der Waals surface area contributed by atoms with Crippen LogP contribution >= 0.6 is 11.8 Å². The van der Waals surface area contributed by atoms with Gasteiger partial charge in [0.2, 0.25) is 5.96 Å². The zero-order chi connectivity index (χ0) is 27.8. The molecule has 0 bridgehead atoms. The summed E-state index contributed by atoms with van der Waals surface area (Å²) in [5.74, 6) is 0.374. The number of benzene rings is 2. The predicted octanol–water partition coefficient (Wildman–Crippen LogP) is 4.83. The molecule has 0 saturated carbocycles. The van der Waals surface area contributed by atoms with Gasteiger partial charge < -0.3 is 16.4 Å². The smallest absolute Gasteiger partial charge is 0.251 e. The third-order valence-electron chi connectivity index (χ3n) is 6.37. The summed E-state index contributed by atoms with van der Waals surface area (Å²) in [5.41, 5.74) is 12.1. The number of amides is 1. The van der Waals surface area contributed by atoms with Gasteiger partial charge >= 0.3 is 0 Å². The highest BCUT2D eigenvalue weighted by atomic mass is 32.2. The third-order valence-corrected chi connectivity index (χ3v) is 7.23. The maximum Gasteiger partial charge on any atom is 0.251 e. The minimum atomic E-state index is -0.181. The SMILES string of the molecule is C=C1CN(C(CC)CCNC(=O)c2ccc(N)c(SC(C)=O)c2)C/C1=N/C(=N\C)Nc1cc(C)cc(C)c1. The summed E-state index contributed by atoms with van der Waals surface area (Å²) in [7, 11) is 1.73. The first-order chi connectivity index (χ1) is 18.1. The molecular weight excluding hydrogens is 496 g/mol. The fourth-order valence-corrected chi connectivity index (χ4v) is 5.21. The van der Waals surface area contributed by atoms with Crippen LogP contribution in [0.2, 0.25) is 0 Å². The number of nitrogen functional groups attached to an aromatic ring is 1. The fourth-order valence-electron chi connectivity index (χ4n) is 4.52. The Kier molecular flexibility index (Phi) is 10.3. The van der Waals surface area contributed by atoms with Crippen LogP contribution in [0.3, 0.4) is 0 Å². The highest BCUT2D eigenvalue weighted by Crippen LogP contribution is 2.27. The second kappa shape index (κ2) is 13.4. The first-order valence-electron chi connectivity index (χ1n) is 12.8. The highest BCUT2D eigenvalue weighted by molar-refractivity contribution is 8.13. The van der Waals surface area contributed by atoms with Crippen LogP contribution in [0.4, 0.5) is 11.4 Å². The molecule has 2 aromatic carbocycles. The van der Waals surface area contributed by atoms with Gasteiger partial charge in [0, 0.05) is 61.5 Å². The summed E-state index contributed by atoms with van der Waals surface area (Å²) in [6.45, 7) is 13.9. The van der Waals surface area contributed by atoms with Crippen molar-refractivity contribution in [1.29, 1.82) is 0 Å². The van der Waals surface area contributed by atoms with Gasteiger partial charge in [0.15, 0.2) is 5.12 Å². The van der Waals surface area contributed by atoms with Crippen molar-refractivity contribution in [1.82, 2.24) is 10.2 Å². The average molecular weight is 535 g/mol. The zero-order valence-electron chi connectivity index (χ0n) is 22.9. The van der Waals surface area contributed by atoms with Crippen molar-refractivity contribution in [3.63, 3.8) is 0 Å². The number of likely N-dealkylation sites (tertiary alicyclic amines) is 1. The molecule has 9 heteroatoms. The van der Waals surface area contributed by atoms with E-state index in [1.807, 2.05) is 0 Å². The lowest BCUT2D eigenvalue weighted by Gasteiger charge is -2.26. The maximum absolute atomic E-state index is 12.7. The molecule has 1 aliphatic rings. The summed E-state index contributed by atoms with van der Waals surface area (Å²) in [6.07, 6.45) is 1.73. The van der Waals surface area contributed by atoms with Crippen molar-refractivity contribution in [3.05, 3.63) is 65.2 Å². The van der Waals surface area contributed by atoms with Crippen molar-refractivity contribution in [3.8, 4) is 0 Å². The molecule has 0 aliphatic carbocycles. The standard InChI is InChI=1S/C29H38N6O2S/c1-7-24(10-11-32-28(37)22-8-9-25(30)27(15-22)38-21(5)36)35-16-20(4)26(17-35)34-29(31-6)33-23-13-18(2)12-19(3)14-23/h8-9,12-15,24H,4,7,10-11,16-17,30H2,1-3,5-6H3,(H,31,33)(H,32,37)/b34-26-. The van der Waals surface area contributed by atoms with Gasteiger partial charge in [-0.15, -0.1) is 0 Å². The normalized spacial score (nSPS) is 16.1. The van der Waals surface area contributed by atoms with Gasteiger partial charge in [0.1, 0.15) is 0 Å². The lowest BCUT2D eigenvalue weighted by atomic mass is 10.1. The van der Waals surface area contributed by atoms with Crippen molar-refractivity contribution in [2.24, 2.45) is 9.98 Å². The summed E-state index contributed by atoms with van der Waals surface area (Å²) in [5, 5.41) is 6.25. The van der Waals surface area contributed by atoms with E-state index in [1.54, 1.807) is 25.2 Å². The number of aliphatic imine (C=N–C) groups is 2. The Morgan fingerprint density at radius 3 is 2.50 bits per heavy atom. The molecule has 1 saturated heterocycles. The van der Waals surface area contributed by atoms with Gasteiger partial charge in [-0.2, -0.15) is 0 Å². The minimum absolute atomic E-state index is 0.0754. The lowest BCUT2D eigenvalue weighted by molar-refractivity contribution is -0.109. The van der Waals surface area contributed by atoms with Gasteiger partial charge in [-0.1, -0.05) is 31.3 Å². The molecule has 1 atom stereocenters. The monoisotopic (exact) mass is 534 g/mol. The number of aryl methyl sites for hydroxylation is 2. The average Bonchev–Trinajstić information content (AvgIpc) is 3.21. The van der Waals surface area contributed by atoms with E-state index >= 15 is 0 Å². The Bertz CT molecular complexity index is 1250. The first kappa shape index (κ1) is 29.1. The summed E-state index contributed by atoms with van der Waals surface area (Å²) in [4.78, 5) is 36.3. The summed E-state index contributed by atoms with van der Waals surface area (Å²) < 4.78 is 0. The number of rotatable bonds is 8. The van der Waals surface area contributed by atoms with Crippen LogP contribution < -0.4 is 16.4 Å². The van der Waals surface area contributed by atoms with Crippen LogP contribution in [0.15, 0.2) is 63.4 Å². The van der Waals surface area contributed by atoms with E-state index < -0.39 is 0 Å². The number of hydrogen-bond acceptors (Lipinski definition) is 6. The molecule has 0 aromatic heterocycles. The Balaban J connectivity index is 1.58. The lowest BCUT2D eigenvalue weighted by Crippen LogP contribution is -2.36. The highest BCUT2D eigenvalue weighted by Gasteiger charge is 2.27. The number of guanidine groups is 1. The summed E-state index contributed by atoms with van der Waals surface area (Å²) in [6, 6.07) is 11.5. The molecule has 2 aromatic rings.